The maximum Gasteiger partial charge on any atom is 0.0478 e. The van der Waals surface area contributed by atoms with E-state index in [-0.39, 0.29) is 0 Å². The number of benzene rings is 1. The highest BCUT2D eigenvalue weighted by atomic mass is 35.5. The van der Waals surface area contributed by atoms with E-state index in [2.05, 4.69) is 18.3 Å². The highest BCUT2D eigenvalue weighted by Crippen LogP contribution is 2.17. The van der Waals surface area contributed by atoms with Crippen molar-refractivity contribution >= 4 is 17.7 Å². The molecule has 0 spiro atoms. The number of hydrogen-bond donors (Lipinski definition) is 1. The van der Waals surface area contributed by atoms with E-state index in [0.29, 0.717) is 0 Å². The van der Waals surface area contributed by atoms with Crippen molar-refractivity contribution in [2.24, 2.45) is 0 Å². The van der Waals surface area contributed by atoms with Gasteiger partial charge in [0.2, 0.25) is 0 Å². The fourth-order valence-electron chi connectivity index (χ4n) is 1.19. The molecule has 1 N–H and O–H groups in total. The molecule has 1 rings (SSSR count). The molecule has 0 saturated carbocycles. The predicted octanol–water partition coefficient (Wildman–Crippen LogP) is 2.96. The molecule has 0 heterocycles. The monoisotopic (exact) mass is 195 g/mol. The van der Waals surface area contributed by atoms with Crippen molar-refractivity contribution in [3.63, 3.8) is 0 Å². The van der Waals surface area contributed by atoms with Gasteiger partial charge in [0.05, 0.1) is 0 Å². The van der Waals surface area contributed by atoms with Crippen LogP contribution < -0.4 is 5.32 Å². The first kappa shape index (κ1) is 10.3. The normalized spacial score (nSPS) is 11.8. The van der Waals surface area contributed by atoms with E-state index in [9.17, 15) is 0 Å². The summed E-state index contributed by atoms with van der Waals surface area (Å²) in [5, 5.41) is 3.90. The summed E-state index contributed by atoms with van der Waals surface area (Å²) in [7, 11) is 1.93. The van der Waals surface area contributed by atoms with Crippen LogP contribution in [0, 0.1) is 0 Å². The fraction of sp³-hybridized carbons (Fsp3) is 0.273. The second-order valence-corrected chi connectivity index (χ2v) is 3.45. The van der Waals surface area contributed by atoms with Gasteiger partial charge in [-0.05, 0) is 25.6 Å². The van der Waals surface area contributed by atoms with Crippen molar-refractivity contribution in [1.29, 1.82) is 0 Å². The Morgan fingerprint density at radius 3 is 2.77 bits per heavy atom. The zero-order valence-corrected chi connectivity index (χ0v) is 8.73. The van der Waals surface area contributed by atoms with Crippen molar-refractivity contribution in [3.8, 4) is 0 Å². The van der Waals surface area contributed by atoms with E-state index in [1.54, 1.807) is 0 Å². The predicted molar refractivity (Wildman–Crippen MR) is 59.0 cm³/mol. The van der Waals surface area contributed by atoms with Crippen LogP contribution in [0.2, 0.25) is 5.02 Å². The summed E-state index contributed by atoms with van der Waals surface area (Å²) >= 11 is 6.00. The maximum atomic E-state index is 6.00. The molecule has 0 atom stereocenters. The van der Waals surface area contributed by atoms with Crippen LogP contribution in [0.5, 0.6) is 0 Å². The molecule has 0 aliphatic heterocycles. The first-order valence-corrected chi connectivity index (χ1v) is 4.68. The largest absolute Gasteiger partial charge is 0.316 e. The molecule has 1 aromatic rings. The fourth-order valence-corrected chi connectivity index (χ4v) is 1.38. The Bertz CT molecular complexity index is 305. The van der Waals surface area contributed by atoms with Gasteiger partial charge < -0.3 is 5.32 Å². The number of halogens is 1. The lowest BCUT2D eigenvalue weighted by atomic mass is 10.1. The lowest BCUT2D eigenvalue weighted by Gasteiger charge is -2.01. The summed E-state index contributed by atoms with van der Waals surface area (Å²) < 4.78 is 0. The Kier molecular flexibility index (Phi) is 4.00. The molecule has 0 bridgehead atoms. The van der Waals surface area contributed by atoms with Gasteiger partial charge in [-0.3, -0.25) is 0 Å². The lowest BCUT2D eigenvalue weighted by molar-refractivity contribution is 0.884. The Hall–Kier alpha value is -0.790. The van der Waals surface area contributed by atoms with E-state index in [0.717, 1.165) is 17.1 Å². The summed E-state index contributed by atoms with van der Waals surface area (Å²) in [5.74, 6) is 0. The van der Waals surface area contributed by atoms with E-state index < -0.39 is 0 Å². The topological polar surface area (TPSA) is 12.0 Å². The van der Waals surface area contributed by atoms with Crippen molar-refractivity contribution in [3.05, 3.63) is 40.4 Å². The van der Waals surface area contributed by atoms with Crippen LogP contribution in [0.1, 0.15) is 12.5 Å². The van der Waals surface area contributed by atoms with Crippen LogP contribution in [0.15, 0.2) is 29.8 Å². The standard InChI is InChI=1S/C11H14ClN/c1-9(8-13-2)7-10-5-3-4-6-11(10)12/h3-7,13H,8H2,1-2H3. The van der Waals surface area contributed by atoms with Gasteiger partial charge in [0.25, 0.3) is 0 Å². The average Bonchev–Trinajstić information content (AvgIpc) is 2.09. The third kappa shape index (κ3) is 3.21. The second kappa shape index (κ2) is 5.05. The molecule has 1 nitrogen and oxygen atoms in total. The molecule has 0 aliphatic rings. The first-order chi connectivity index (χ1) is 6.24. The molecular weight excluding hydrogens is 182 g/mol. The van der Waals surface area contributed by atoms with Gasteiger partial charge in [0, 0.05) is 11.6 Å². The van der Waals surface area contributed by atoms with Gasteiger partial charge in [-0.25, -0.2) is 0 Å². The van der Waals surface area contributed by atoms with Crippen LogP contribution in [0.3, 0.4) is 0 Å². The molecule has 0 saturated heterocycles. The first-order valence-electron chi connectivity index (χ1n) is 4.30. The van der Waals surface area contributed by atoms with Crippen molar-refractivity contribution < 1.29 is 0 Å². The van der Waals surface area contributed by atoms with Gasteiger partial charge >= 0.3 is 0 Å². The molecule has 0 fully saturated rings. The molecule has 2 heteroatoms. The summed E-state index contributed by atoms with van der Waals surface area (Å²) in [4.78, 5) is 0. The van der Waals surface area contributed by atoms with Gasteiger partial charge in [-0.1, -0.05) is 41.4 Å². The van der Waals surface area contributed by atoms with Gasteiger partial charge in [0.15, 0.2) is 0 Å². The molecule has 0 amide bonds. The van der Waals surface area contributed by atoms with E-state index in [1.807, 2.05) is 31.3 Å². The minimum Gasteiger partial charge on any atom is -0.316 e. The van der Waals surface area contributed by atoms with Crippen molar-refractivity contribution in [2.45, 2.75) is 6.92 Å². The smallest absolute Gasteiger partial charge is 0.0478 e. The highest BCUT2D eigenvalue weighted by molar-refractivity contribution is 6.32. The Morgan fingerprint density at radius 1 is 1.46 bits per heavy atom. The number of likely N-dealkylation sites (N-methyl/N-ethyl adjacent to an activating group) is 1. The zero-order chi connectivity index (χ0) is 9.68. The zero-order valence-electron chi connectivity index (χ0n) is 7.97. The molecule has 13 heavy (non-hydrogen) atoms. The molecule has 0 radical (unpaired) electrons. The average molecular weight is 196 g/mol. The van der Waals surface area contributed by atoms with E-state index in [4.69, 9.17) is 11.6 Å². The molecule has 0 aromatic heterocycles. The third-order valence-corrected chi connectivity index (χ3v) is 2.11. The van der Waals surface area contributed by atoms with E-state index in [1.165, 1.54) is 5.57 Å². The molecule has 0 unspecified atom stereocenters. The highest BCUT2D eigenvalue weighted by Gasteiger charge is 1.95. The van der Waals surface area contributed by atoms with Crippen LogP contribution in [-0.4, -0.2) is 13.6 Å². The van der Waals surface area contributed by atoms with Gasteiger partial charge in [-0.2, -0.15) is 0 Å². The van der Waals surface area contributed by atoms with Crippen LogP contribution in [0.4, 0.5) is 0 Å². The number of hydrogen-bond acceptors (Lipinski definition) is 1. The van der Waals surface area contributed by atoms with Crippen LogP contribution >= 0.6 is 11.6 Å². The SMILES string of the molecule is CNCC(C)=Cc1ccccc1Cl. The summed E-state index contributed by atoms with van der Waals surface area (Å²) in [6, 6.07) is 7.85. The second-order valence-electron chi connectivity index (χ2n) is 3.04. The minimum atomic E-state index is 0.804. The molecule has 70 valence electrons. The van der Waals surface area contributed by atoms with E-state index >= 15 is 0 Å². The van der Waals surface area contributed by atoms with Gasteiger partial charge in [0.1, 0.15) is 0 Å². The summed E-state index contributed by atoms with van der Waals surface area (Å²) in [5.41, 5.74) is 2.35. The van der Waals surface area contributed by atoms with Crippen molar-refractivity contribution in [2.75, 3.05) is 13.6 Å². The maximum absolute atomic E-state index is 6.00. The lowest BCUT2D eigenvalue weighted by Crippen LogP contribution is -2.08. The number of nitrogens with one attached hydrogen (secondary N) is 1. The molecular formula is C11H14ClN. The summed E-state index contributed by atoms with van der Waals surface area (Å²) in [6.07, 6.45) is 2.10. The van der Waals surface area contributed by atoms with Crippen molar-refractivity contribution in [1.82, 2.24) is 5.32 Å². The molecule has 1 aromatic carbocycles. The third-order valence-electron chi connectivity index (χ3n) is 1.76. The molecule has 0 aliphatic carbocycles. The minimum absolute atomic E-state index is 0.804. The number of rotatable bonds is 3. The van der Waals surface area contributed by atoms with Crippen LogP contribution in [0.25, 0.3) is 6.08 Å². The Balaban J connectivity index is 2.84. The quantitative estimate of drug-likeness (QED) is 0.782. The Morgan fingerprint density at radius 2 is 2.15 bits per heavy atom. The summed E-state index contributed by atoms with van der Waals surface area (Å²) in [6.45, 7) is 2.98. The van der Waals surface area contributed by atoms with Gasteiger partial charge in [-0.15, -0.1) is 0 Å². The van der Waals surface area contributed by atoms with Crippen LogP contribution in [-0.2, 0) is 0 Å². The Labute approximate surface area is 84.4 Å².